The molecule has 2 aromatic carbocycles. The van der Waals surface area contributed by atoms with E-state index in [4.69, 9.17) is 4.84 Å². The van der Waals surface area contributed by atoms with Crippen LogP contribution in [-0.4, -0.2) is 29.2 Å². The fourth-order valence-electron chi connectivity index (χ4n) is 3.47. The Morgan fingerprint density at radius 1 is 1.12 bits per heavy atom. The quantitative estimate of drug-likeness (QED) is 0.522. The van der Waals surface area contributed by atoms with Gasteiger partial charge in [-0.1, -0.05) is 50.2 Å². The van der Waals surface area contributed by atoms with Crippen molar-refractivity contribution in [2.24, 2.45) is 10.6 Å². The Labute approximate surface area is 184 Å². The van der Waals surface area contributed by atoms with Crippen molar-refractivity contribution in [1.82, 2.24) is 4.90 Å². The molecule has 172 valence electrons. The lowest BCUT2D eigenvalue weighted by Gasteiger charge is -2.28. The standard InChI is InChI=1S/C24H26F4N2O2/c1-23(2,3)13-22(31)30(14-16-5-4-6-18(11-16)24(26,27)28)15-20-12-21(29-32-20)17-7-9-19(25)10-8-17/h4-11,20H,12-15H2,1-3H3/t20-/m0/s1. The molecule has 1 atom stereocenters. The fourth-order valence-corrected chi connectivity index (χ4v) is 3.47. The van der Waals surface area contributed by atoms with Crippen LogP contribution in [0.3, 0.4) is 0 Å². The summed E-state index contributed by atoms with van der Waals surface area (Å²) in [4.78, 5) is 20.0. The number of amides is 1. The molecular formula is C24H26F4N2O2. The van der Waals surface area contributed by atoms with Gasteiger partial charge in [0, 0.05) is 19.4 Å². The van der Waals surface area contributed by atoms with E-state index in [-0.39, 0.29) is 36.6 Å². The molecule has 1 amide bonds. The first-order valence-corrected chi connectivity index (χ1v) is 10.3. The first-order chi connectivity index (χ1) is 14.9. The van der Waals surface area contributed by atoms with Crippen LogP contribution in [0, 0.1) is 11.2 Å². The SMILES string of the molecule is CC(C)(C)CC(=O)N(Cc1cccc(C(F)(F)F)c1)C[C@@H]1CC(c2ccc(F)cc2)=NO1. The minimum Gasteiger partial charge on any atom is -0.390 e. The summed E-state index contributed by atoms with van der Waals surface area (Å²) in [5.41, 5.74) is 0.712. The third-order valence-corrected chi connectivity index (χ3v) is 5.00. The normalized spacial score (nSPS) is 16.5. The Balaban J connectivity index is 1.74. The summed E-state index contributed by atoms with van der Waals surface area (Å²) in [5, 5.41) is 4.06. The Morgan fingerprint density at radius 2 is 1.81 bits per heavy atom. The molecular weight excluding hydrogens is 424 g/mol. The van der Waals surface area contributed by atoms with Gasteiger partial charge in [-0.05, 0) is 40.8 Å². The van der Waals surface area contributed by atoms with Gasteiger partial charge < -0.3 is 9.74 Å². The largest absolute Gasteiger partial charge is 0.416 e. The monoisotopic (exact) mass is 450 g/mol. The van der Waals surface area contributed by atoms with Gasteiger partial charge in [-0.15, -0.1) is 0 Å². The molecule has 4 nitrogen and oxygen atoms in total. The zero-order valence-electron chi connectivity index (χ0n) is 18.2. The van der Waals surface area contributed by atoms with Gasteiger partial charge in [-0.3, -0.25) is 4.79 Å². The van der Waals surface area contributed by atoms with Crippen molar-refractivity contribution in [3.05, 3.63) is 71.0 Å². The van der Waals surface area contributed by atoms with E-state index in [0.29, 0.717) is 17.7 Å². The van der Waals surface area contributed by atoms with Crippen LogP contribution < -0.4 is 0 Å². The lowest BCUT2D eigenvalue weighted by Crippen LogP contribution is -2.38. The highest BCUT2D eigenvalue weighted by atomic mass is 19.4. The highest BCUT2D eigenvalue weighted by Crippen LogP contribution is 2.30. The van der Waals surface area contributed by atoms with Crippen molar-refractivity contribution in [3.8, 4) is 0 Å². The molecule has 2 aromatic rings. The second kappa shape index (κ2) is 9.30. The van der Waals surface area contributed by atoms with Crippen LogP contribution in [-0.2, 0) is 22.4 Å². The van der Waals surface area contributed by atoms with E-state index in [1.54, 1.807) is 18.2 Å². The minimum absolute atomic E-state index is 0.0323. The number of carbonyl (C=O) groups is 1. The Kier molecular flexibility index (Phi) is 6.91. The molecule has 0 saturated heterocycles. The number of benzene rings is 2. The molecule has 0 bridgehead atoms. The van der Waals surface area contributed by atoms with Crippen LogP contribution in [0.2, 0.25) is 0 Å². The van der Waals surface area contributed by atoms with Gasteiger partial charge in [0.25, 0.3) is 0 Å². The second-order valence-electron chi connectivity index (χ2n) is 9.19. The summed E-state index contributed by atoms with van der Waals surface area (Å²) in [7, 11) is 0. The molecule has 0 aliphatic carbocycles. The summed E-state index contributed by atoms with van der Waals surface area (Å²) in [6.45, 7) is 5.99. The summed E-state index contributed by atoms with van der Waals surface area (Å²) in [5.74, 6) is -0.529. The van der Waals surface area contributed by atoms with E-state index in [2.05, 4.69) is 5.16 Å². The topological polar surface area (TPSA) is 41.9 Å². The van der Waals surface area contributed by atoms with Crippen molar-refractivity contribution in [2.75, 3.05) is 6.54 Å². The van der Waals surface area contributed by atoms with Crippen LogP contribution in [0.15, 0.2) is 53.7 Å². The van der Waals surface area contributed by atoms with Crippen molar-refractivity contribution in [2.45, 2.75) is 52.4 Å². The first kappa shape index (κ1) is 23.8. The predicted molar refractivity (Wildman–Crippen MR) is 113 cm³/mol. The Bertz CT molecular complexity index is 979. The highest BCUT2D eigenvalue weighted by molar-refractivity contribution is 6.01. The third kappa shape index (κ3) is 6.55. The molecule has 3 rings (SSSR count). The van der Waals surface area contributed by atoms with Gasteiger partial charge in [0.2, 0.25) is 5.91 Å². The maximum absolute atomic E-state index is 13.2. The summed E-state index contributed by atoms with van der Waals surface area (Å²) >= 11 is 0. The fraction of sp³-hybridized carbons (Fsp3) is 0.417. The summed E-state index contributed by atoms with van der Waals surface area (Å²) in [6.07, 6.45) is -4.24. The van der Waals surface area contributed by atoms with E-state index in [9.17, 15) is 22.4 Å². The molecule has 32 heavy (non-hydrogen) atoms. The van der Waals surface area contributed by atoms with Gasteiger partial charge in [0.15, 0.2) is 6.10 Å². The molecule has 0 saturated carbocycles. The van der Waals surface area contributed by atoms with Gasteiger partial charge >= 0.3 is 6.18 Å². The lowest BCUT2D eigenvalue weighted by atomic mass is 9.91. The number of rotatable bonds is 6. The molecule has 8 heteroatoms. The zero-order valence-corrected chi connectivity index (χ0v) is 18.2. The molecule has 0 unspecified atom stereocenters. The summed E-state index contributed by atoms with van der Waals surface area (Å²) in [6, 6.07) is 10.8. The molecule has 0 radical (unpaired) electrons. The van der Waals surface area contributed by atoms with Crippen LogP contribution >= 0.6 is 0 Å². The molecule has 0 N–H and O–H groups in total. The number of oxime groups is 1. The van der Waals surface area contributed by atoms with Crippen LogP contribution in [0.5, 0.6) is 0 Å². The maximum Gasteiger partial charge on any atom is 0.416 e. The number of hydrogen-bond acceptors (Lipinski definition) is 3. The maximum atomic E-state index is 13.2. The second-order valence-corrected chi connectivity index (χ2v) is 9.19. The van der Waals surface area contributed by atoms with Crippen LogP contribution in [0.1, 0.15) is 50.3 Å². The molecule has 0 fully saturated rings. The number of hydrogen-bond donors (Lipinski definition) is 0. The number of carbonyl (C=O) groups excluding carboxylic acids is 1. The van der Waals surface area contributed by atoms with E-state index in [0.717, 1.165) is 17.7 Å². The van der Waals surface area contributed by atoms with Crippen LogP contribution in [0.25, 0.3) is 0 Å². The highest BCUT2D eigenvalue weighted by Gasteiger charge is 2.32. The number of nitrogens with zero attached hydrogens (tertiary/aromatic N) is 2. The Morgan fingerprint density at radius 3 is 2.44 bits per heavy atom. The summed E-state index contributed by atoms with van der Waals surface area (Å²) < 4.78 is 52.5. The van der Waals surface area contributed by atoms with Gasteiger partial charge in [-0.25, -0.2) is 4.39 Å². The first-order valence-electron chi connectivity index (χ1n) is 10.3. The predicted octanol–water partition coefficient (Wildman–Crippen LogP) is 5.80. The molecule has 0 spiro atoms. The van der Waals surface area contributed by atoms with Crippen molar-refractivity contribution >= 4 is 11.6 Å². The minimum atomic E-state index is -4.46. The van der Waals surface area contributed by atoms with Gasteiger partial charge in [-0.2, -0.15) is 13.2 Å². The third-order valence-electron chi connectivity index (χ3n) is 5.00. The van der Waals surface area contributed by atoms with Crippen molar-refractivity contribution < 1.29 is 27.2 Å². The molecule has 1 heterocycles. The van der Waals surface area contributed by atoms with E-state index in [1.807, 2.05) is 20.8 Å². The van der Waals surface area contributed by atoms with Crippen molar-refractivity contribution in [3.63, 3.8) is 0 Å². The average molecular weight is 450 g/mol. The number of halogens is 4. The smallest absolute Gasteiger partial charge is 0.390 e. The molecule has 0 aromatic heterocycles. The zero-order chi connectivity index (χ0) is 23.5. The van der Waals surface area contributed by atoms with Crippen molar-refractivity contribution in [1.29, 1.82) is 0 Å². The van der Waals surface area contributed by atoms with Gasteiger partial charge in [0.05, 0.1) is 17.8 Å². The number of alkyl halides is 3. The Hall–Kier alpha value is -2.90. The molecule has 1 aliphatic rings. The van der Waals surface area contributed by atoms with E-state index >= 15 is 0 Å². The van der Waals surface area contributed by atoms with Crippen LogP contribution in [0.4, 0.5) is 17.6 Å². The lowest BCUT2D eigenvalue weighted by molar-refractivity contribution is -0.137. The van der Waals surface area contributed by atoms with Gasteiger partial charge in [0.1, 0.15) is 5.82 Å². The average Bonchev–Trinajstić information content (AvgIpc) is 3.15. The van der Waals surface area contributed by atoms with E-state index < -0.39 is 17.8 Å². The molecule has 1 aliphatic heterocycles. The van der Waals surface area contributed by atoms with E-state index in [1.165, 1.54) is 23.1 Å².